The van der Waals surface area contributed by atoms with Crippen LogP contribution in [0.4, 0.5) is 5.82 Å². The van der Waals surface area contributed by atoms with Crippen molar-refractivity contribution in [3.8, 4) is 0 Å². The summed E-state index contributed by atoms with van der Waals surface area (Å²) in [5.74, 6) is 0.682. The van der Waals surface area contributed by atoms with Crippen LogP contribution in [0.25, 0.3) is 0 Å². The first-order valence-corrected chi connectivity index (χ1v) is 5.52. The lowest BCUT2D eigenvalue weighted by molar-refractivity contribution is 0.613. The summed E-state index contributed by atoms with van der Waals surface area (Å²) in [7, 11) is 0. The third kappa shape index (κ3) is 1.89. The first kappa shape index (κ1) is 9.50. The van der Waals surface area contributed by atoms with Crippen molar-refractivity contribution in [2.75, 3.05) is 5.73 Å². The van der Waals surface area contributed by atoms with Crippen molar-refractivity contribution >= 4 is 5.82 Å². The molecule has 2 nitrogen and oxygen atoms in total. The second-order valence-electron chi connectivity index (χ2n) is 4.18. The summed E-state index contributed by atoms with van der Waals surface area (Å²) >= 11 is 0. The average Bonchev–Trinajstić information content (AvgIpc) is 2.07. The van der Waals surface area contributed by atoms with E-state index in [1.54, 1.807) is 0 Å². The molecule has 0 saturated heterocycles. The molecule has 0 saturated carbocycles. The molecule has 0 spiro atoms. The van der Waals surface area contributed by atoms with E-state index in [9.17, 15) is 0 Å². The number of rotatable bonds is 0. The molecule has 0 bridgehead atoms. The number of aromatic nitrogens is 1. The summed E-state index contributed by atoms with van der Waals surface area (Å²) in [4.78, 5) is 4.34. The Balaban J connectivity index is 2.39. The van der Waals surface area contributed by atoms with Gasteiger partial charge in [-0.25, -0.2) is 4.98 Å². The average molecular weight is 190 g/mol. The zero-order valence-corrected chi connectivity index (χ0v) is 8.84. The number of fused-ring (bicyclic) bond motifs is 1. The highest BCUT2D eigenvalue weighted by atomic mass is 14.8. The lowest BCUT2D eigenvalue weighted by Gasteiger charge is -2.15. The van der Waals surface area contributed by atoms with Crippen molar-refractivity contribution in [2.24, 2.45) is 0 Å². The number of hydrogen-bond acceptors (Lipinski definition) is 2. The topological polar surface area (TPSA) is 38.9 Å². The first-order chi connectivity index (χ1) is 6.77. The molecule has 76 valence electrons. The molecule has 2 N–H and O–H groups in total. The van der Waals surface area contributed by atoms with Gasteiger partial charge in [0, 0.05) is 5.69 Å². The van der Waals surface area contributed by atoms with E-state index in [1.165, 1.54) is 49.7 Å². The molecule has 0 radical (unpaired) electrons. The van der Waals surface area contributed by atoms with Crippen molar-refractivity contribution in [1.82, 2.24) is 4.98 Å². The van der Waals surface area contributed by atoms with Crippen LogP contribution in [0.3, 0.4) is 0 Å². The highest BCUT2D eigenvalue weighted by molar-refractivity contribution is 5.41. The Hall–Kier alpha value is -1.05. The molecule has 0 amide bonds. The van der Waals surface area contributed by atoms with Crippen molar-refractivity contribution in [3.05, 3.63) is 22.9 Å². The Morgan fingerprint density at radius 1 is 1.14 bits per heavy atom. The Bertz CT molecular complexity index is 331. The Kier molecular flexibility index (Phi) is 2.71. The second kappa shape index (κ2) is 3.99. The maximum atomic E-state index is 5.76. The SMILES string of the molecule is Cc1nc(N)cc2c1CCCCCC2. The third-order valence-corrected chi connectivity index (χ3v) is 3.07. The van der Waals surface area contributed by atoms with E-state index in [0.29, 0.717) is 5.82 Å². The van der Waals surface area contributed by atoms with Crippen LogP contribution in [0, 0.1) is 6.92 Å². The summed E-state index contributed by atoms with van der Waals surface area (Å²) in [6.45, 7) is 2.08. The first-order valence-electron chi connectivity index (χ1n) is 5.52. The Morgan fingerprint density at radius 3 is 2.64 bits per heavy atom. The van der Waals surface area contributed by atoms with Gasteiger partial charge < -0.3 is 5.73 Å². The van der Waals surface area contributed by atoms with Crippen LogP contribution in [0.5, 0.6) is 0 Å². The number of anilines is 1. The molecule has 1 aliphatic carbocycles. The van der Waals surface area contributed by atoms with E-state index in [-0.39, 0.29) is 0 Å². The quantitative estimate of drug-likeness (QED) is 0.683. The van der Waals surface area contributed by atoms with Crippen molar-refractivity contribution < 1.29 is 0 Å². The number of nitrogens with two attached hydrogens (primary N) is 1. The molecule has 0 atom stereocenters. The molecule has 0 fully saturated rings. The maximum Gasteiger partial charge on any atom is 0.123 e. The molecule has 1 aliphatic rings. The van der Waals surface area contributed by atoms with Crippen LogP contribution in [0.1, 0.15) is 42.5 Å². The zero-order valence-electron chi connectivity index (χ0n) is 8.84. The van der Waals surface area contributed by atoms with Crippen molar-refractivity contribution in [3.63, 3.8) is 0 Å². The summed E-state index contributed by atoms with van der Waals surface area (Å²) < 4.78 is 0. The van der Waals surface area contributed by atoms with Gasteiger partial charge in [-0.1, -0.05) is 12.8 Å². The standard InChI is InChI=1S/C12H18N2/c1-9-11-7-5-3-2-4-6-10(11)8-12(13)14-9/h8H,2-7H2,1H3,(H2,13,14). The molecular weight excluding hydrogens is 172 g/mol. The second-order valence-corrected chi connectivity index (χ2v) is 4.18. The fraction of sp³-hybridized carbons (Fsp3) is 0.583. The smallest absolute Gasteiger partial charge is 0.123 e. The molecule has 0 aliphatic heterocycles. The van der Waals surface area contributed by atoms with Crippen LogP contribution < -0.4 is 5.73 Å². The summed E-state index contributed by atoms with van der Waals surface area (Å²) in [6, 6.07) is 2.06. The molecule has 2 rings (SSSR count). The number of nitrogen functional groups attached to an aromatic ring is 1. The van der Waals surface area contributed by atoms with Crippen molar-refractivity contribution in [1.29, 1.82) is 0 Å². The largest absolute Gasteiger partial charge is 0.384 e. The normalized spacial score (nSPS) is 16.9. The number of pyridine rings is 1. The van der Waals surface area contributed by atoms with E-state index in [4.69, 9.17) is 5.73 Å². The van der Waals surface area contributed by atoms with Crippen LogP contribution in [-0.4, -0.2) is 4.98 Å². The molecule has 2 heteroatoms. The molecule has 14 heavy (non-hydrogen) atoms. The van der Waals surface area contributed by atoms with Crippen molar-refractivity contribution in [2.45, 2.75) is 45.4 Å². The van der Waals surface area contributed by atoms with Gasteiger partial charge in [-0.2, -0.15) is 0 Å². The van der Waals surface area contributed by atoms with Gasteiger partial charge in [-0.15, -0.1) is 0 Å². The van der Waals surface area contributed by atoms with E-state index >= 15 is 0 Å². The summed E-state index contributed by atoms with van der Waals surface area (Å²) in [5, 5.41) is 0. The molecular formula is C12H18N2. The predicted molar refractivity (Wildman–Crippen MR) is 59.3 cm³/mol. The number of hydrogen-bond donors (Lipinski definition) is 1. The van der Waals surface area contributed by atoms with Crippen LogP contribution in [0.2, 0.25) is 0 Å². The van der Waals surface area contributed by atoms with E-state index < -0.39 is 0 Å². The van der Waals surface area contributed by atoms with Gasteiger partial charge in [0.15, 0.2) is 0 Å². The van der Waals surface area contributed by atoms with E-state index in [1.807, 2.05) is 0 Å². The van der Waals surface area contributed by atoms with Gasteiger partial charge in [-0.3, -0.25) is 0 Å². The molecule has 0 aromatic carbocycles. The van der Waals surface area contributed by atoms with Crippen LogP contribution in [0.15, 0.2) is 6.07 Å². The monoisotopic (exact) mass is 190 g/mol. The zero-order chi connectivity index (χ0) is 9.97. The van der Waals surface area contributed by atoms with Gasteiger partial charge in [-0.05, 0) is 49.8 Å². The van der Waals surface area contributed by atoms with Gasteiger partial charge in [0.05, 0.1) is 0 Å². The van der Waals surface area contributed by atoms with E-state index in [2.05, 4.69) is 18.0 Å². The molecule has 0 unspecified atom stereocenters. The third-order valence-electron chi connectivity index (χ3n) is 3.07. The Labute approximate surface area is 85.5 Å². The molecule has 1 aromatic rings. The molecule has 1 aromatic heterocycles. The van der Waals surface area contributed by atoms with Gasteiger partial charge in [0.25, 0.3) is 0 Å². The lowest BCUT2D eigenvalue weighted by Crippen LogP contribution is -2.06. The minimum atomic E-state index is 0.682. The predicted octanol–water partition coefficient (Wildman–Crippen LogP) is 2.63. The highest BCUT2D eigenvalue weighted by Crippen LogP contribution is 2.23. The fourth-order valence-corrected chi connectivity index (χ4v) is 2.33. The fourth-order valence-electron chi connectivity index (χ4n) is 2.33. The summed E-state index contributed by atoms with van der Waals surface area (Å²) in [5.41, 5.74) is 9.80. The minimum absolute atomic E-state index is 0.682. The van der Waals surface area contributed by atoms with Crippen LogP contribution >= 0.6 is 0 Å². The lowest BCUT2D eigenvalue weighted by atomic mass is 9.93. The maximum absolute atomic E-state index is 5.76. The minimum Gasteiger partial charge on any atom is -0.384 e. The van der Waals surface area contributed by atoms with E-state index in [0.717, 1.165) is 5.69 Å². The van der Waals surface area contributed by atoms with Crippen LogP contribution in [-0.2, 0) is 12.8 Å². The van der Waals surface area contributed by atoms with Gasteiger partial charge in [0.1, 0.15) is 5.82 Å². The summed E-state index contributed by atoms with van der Waals surface area (Å²) in [6.07, 6.45) is 7.71. The number of nitrogens with zero attached hydrogens (tertiary/aromatic N) is 1. The number of aryl methyl sites for hydroxylation is 2. The molecule has 1 heterocycles. The highest BCUT2D eigenvalue weighted by Gasteiger charge is 2.10. The van der Waals surface area contributed by atoms with Gasteiger partial charge in [0.2, 0.25) is 0 Å². The van der Waals surface area contributed by atoms with Gasteiger partial charge >= 0.3 is 0 Å². The Morgan fingerprint density at radius 2 is 1.86 bits per heavy atom.